The molecule has 3 aliphatic rings. The van der Waals surface area contributed by atoms with Crippen molar-refractivity contribution in [3.63, 3.8) is 0 Å². The van der Waals surface area contributed by atoms with Gasteiger partial charge < -0.3 is 4.74 Å². The third kappa shape index (κ3) is 1.65. The summed E-state index contributed by atoms with van der Waals surface area (Å²) in [6, 6.07) is 2.35. The molecule has 2 atom stereocenters. The number of hydrogen-bond acceptors (Lipinski definition) is 5. The van der Waals surface area contributed by atoms with Crippen LogP contribution in [0.3, 0.4) is 0 Å². The molecule has 0 saturated carbocycles. The largest absolute Gasteiger partial charge is 0.492 e. The molecule has 0 amide bonds. The zero-order valence-electron chi connectivity index (χ0n) is 11.6. The van der Waals surface area contributed by atoms with Gasteiger partial charge in [0.1, 0.15) is 0 Å². The third-order valence-corrected chi connectivity index (χ3v) is 4.58. The minimum atomic E-state index is -0.193. The summed E-state index contributed by atoms with van der Waals surface area (Å²) in [5.41, 5.74) is 1.56. The van der Waals surface area contributed by atoms with Crippen molar-refractivity contribution in [2.75, 3.05) is 13.7 Å². The lowest BCUT2D eigenvalue weighted by atomic mass is 9.82. The molecule has 2 aliphatic heterocycles. The molecule has 1 fully saturated rings. The van der Waals surface area contributed by atoms with Crippen LogP contribution < -0.4 is 0 Å². The molecule has 20 heavy (non-hydrogen) atoms. The summed E-state index contributed by atoms with van der Waals surface area (Å²) in [5.74, 6) is -0.113. The molecule has 5 heteroatoms. The third-order valence-electron chi connectivity index (χ3n) is 4.58. The van der Waals surface area contributed by atoms with Crippen LogP contribution in [0.2, 0.25) is 0 Å². The second-order valence-corrected chi connectivity index (χ2v) is 5.53. The van der Waals surface area contributed by atoms with Crippen molar-refractivity contribution in [3.05, 3.63) is 22.5 Å². The van der Waals surface area contributed by atoms with Crippen molar-refractivity contribution in [1.29, 1.82) is 5.26 Å². The van der Waals surface area contributed by atoms with Gasteiger partial charge in [-0.3, -0.25) is 14.5 Å². The van der Waals surface area contributed by atoms with Crippen LogP contribution in [0.1, 0.15) is 26.2 Å². The van der Waals surface area contributed by atoms with E-state index >= 15 is 0 Å². The number of carbonyl (C=O) groups excluding carboxylic acids is 2. The Morgan fingerprint density at radius 1 is 1.25 bits per heavy atom. The molecule has 104 valence electrons. The summed E-state index contributed by atoms with van der Waals surface area (Å²) in [7, 11) is 1.41. The number of ketones is 2. The first kappa shape index (κ1) is 13.1. The van der Waals surface area contributed by atoms with Gasteiger partial charge >= 0.3 is 0 Å². The first-order valence-electron chi connectivity index (χ1n) is 6.80. The molecule has 0 radical (unpaired) electrons. The molecule has 1 saturated heterocycles. The van der Waals surface area contributed by atoms with Crippen LogP contribution in [0.4, 0.5) is 0 Å². The van der Waals surface area contributed by atoms with Gasteiger partial charge in [-0.25, -0.2) is 0 Å². The van der Waals surface area contributed by atoms with Crippen LogP contribution in [0.5, 0.6) is 0 Å². The number of hydrogen-bond donors (Lipinski definition) is 0. The lowest BCUT2D eigenvalue weighted by Gasteiger charge is -2.35. The Morgan fingerprint density at radius 3 is 2.65 bits per heavy atom. The van der Waals surface area contributed by atoms with Gasteiger partial charge in [0.15, 0.2) is 11.5 Å². The standard InChI is InChI=1S/C15H16N2O3/c1-8-13(18)11-5-9-3-4-10(6-16)17(9)7-12(11)14(19)15(8)20-2/h9-10H,3-5,7H2,1-2H3/t9-,10-/m1/s1. The monoisotopic (exact) mass is 272 g/mol. The molecular weight excluding hydrogens is 256 g/mol. The normalized spacial score (nSPS) is 30.2. The van der Waals surface area contributed by atoms with Crippen LogP contribution in [0.15, 0.2) is 22.5 Å². The van der Waals surface area contributed by atoms with E-state index in [2.05, 4.69) is 11.0 Å². The second-order valence-electron chi connectivity index (χ2n) is 5.53. The number of ether oxygens (including phenoxy) is 1. The van der Waals surface area contributed by atoms with Gasteiger partial charge in [0.05, 0.1) is 19.2 Å². The van der Waals surface area contributed by atoms with Gasteiger partial charge in [-0.1, -0.05) is 0 Å². The maximum Gasteiger partial charge on any atom is 0.225 e. The number of methoxy groups -OCH3 is 1. The quantitative estimate of drug-likeness (QED) is 0.669. The number of Topliss-reactive ketones (excluding diaryl/α,β-unsaturated/α-hetero) is 2. The number of nitrogens with zero attached hydrogens (tertiary/aromatic N) is 2. The zero-order valence-corrected chi connectivity index (χ0v) is 11.6. The van der Waals surface area contributed by atoms with E-state index in [1.54, 1.807) is 6.92 Å². The summed E-state index contributed by atoms with van der Waals surface area (Å²) in [6.07, 6.45) is 2.30. The van der Waals surface area contributed by atoms with Gasteiger partial charge in [0.25, 0.3) is 0 Å². The van der Waals surface area contributed by atoms with Crippen LogP contribution >= 0.6 is 0 Å². The Labute approximate surface area is 117 Å². The van der Waals surface area contributed by atoms with Crippen LogP contribution in [-0.4, -0.2) is 42.2 Å². The highest BCUT2D eigenvalue weighted by atomic mass is 16.5. The summed E-state index contributed by atoms with van der Waals surface area (Å²) in [6.45, 7) is 2.03. The zero-order chi connectivity index (χ0) is 14.4. The lowest BCUT2D eigenvalue weighted by Crippen LogP contribution is -2.44. The maximum atomic E-state index is 12.4. The fourth-order valence-corrected chi connectivity index (χ4v) is 3.49. The van der Waals surface area contributed by atoms with E-state index in [0.29, 0.717) is 29.7 Å². The van der Waals surface area contributed by atoms with E-state index in [9.17, 15) is 9.59 Å². The van der Waals surface area contributed by atoms with Crippen molar-refractivity contribution < 1.29 is 14.3 Å². The Kier molecular flexibility index (Phi) is 2.98. The summed E-state index contributed by atoms with van der Waals surface area (Å²) < 4.78 is 5.09. The van der Waals surface area contributed by atoms with E-state index in [1.807, 2.05) is 0 Å². The molecule has 5 nitrogen and oxygen atoms in total. The number of carbonyl (C=O) groups is 2. The van der Waals surface area contributed by atoms with Crippen LogP contribution in [0.25, 0.3) is 0 Å². The Hall–Kier alpha value is -1.93. The minimum absolute atomic E-state index is 0.0727. The highest BCUT2D eigenvalue weighted by Gasteiger charge is 2.44. The van der Waals surface area contributed by atoms with Crippen molar-refractivity contribution in [1.82, 2.24) is 4.90 Å². The number of allylic oxidation sites excluding steroid dienone is 2. The average molecular weight is 272 g/mol. The fraction of sp³-hybridized carbons (Fsp3) is 0.533. The van der Waals surface area contributed by atoms with E-state index in [0.717, 1.165) is 12.8 Å². The second kappa shape index (κ2) is 4.57. The molecule has 0 aromatic heterocycles. The SMILES string of the molecule is COC1=C(C)C(=O)C2=C(CN3[C@H](CC[C@@H]3C#N)C2)C1=O. The van der Waals surface area contributed by atoms with E-state index in [1.165, 1.54) is 7.11 Å². The molecule has 0 aromatic rings. The fourth-order valence-electron chi connectivity index (χ4n) is 3.49. The van der Waals surface area contributed by atoms with Crippen LogP contribution in [0, 0.1) is 11.3 Å². The predicted octanol–water partition coefficient (Wildman–Crippen LogP) is 1.12. The summed E-state index contributed by atoms with van der Waals surface area (Å²) in [5, 5.41) is 9.17. The average Bonchev–Trinajstić information content (AvgIpc) is 2.86. The molecule has 0 aromatic carbocycles. The van der Waals surface area contributed by atoms with E-state index in [-0.39, 0.29) is 29.4 Å². The number of rotatable bonds is 1. The van der Waals surface area contributed by atoms with Gasteiger partial charge in [-0.05, 0) is 26.2 Å². The Bertz CT molecular complexity index is 609. The maximum absolute atomic E-state index is 12.4. The summed E-state index contributed by atoms with van der Waals surface area (Å²) >= 11 is 0. The predicted molar refractivity (Wildman–Crippen MR) is 70.5 cm³/mol. The number of nitriles is 1. The molecule has 0 N–H and O–H groups in total. The summed E-state index contributed by atoms with van der Waals surface area (Å²) in [4.78, 5) is 26.9. The molecule has 0 spiro atoms. The van der Waals surface area contributed by atoms with E-state index < -0.39 is 0 Å². The molecule has 3 rings (SSSR count). The first-order valence-corrected chi connectivity index (χ1v) is 6.80. The van der Waals surface area contributed by atoms with Crippen molar-refractivity contribution in [2.24, 2.45) is 0 Å². The molecule has 0 bridgehead atoms. The molecular formula is C15H16N2O3. The Morgan fingerprint density at radius 2 is 2.00 bits per heavy atom. The van der Waals surface area contributed by atoms with Crippen molar-refractivity contribution in [3.8, 4) is 6.07 Å². The number of fused-ring (bicyclic) bond motifs is 1. The molecule has 1 aliphatic carbocycles. The lowest BCUT2D eigenvalue weighted by molar-refractivity contribution is -0.119. The smallest absolute Gasteiger partial charge is 0.225 e. The molecule has 0 unspecified atom stereocenters. The minimum Gasteiger partial charge on any atom is -0.492 e. The first-order chi connectivity index (χ1) is 9.58. The van der Waals surface area contributed by atoms with Gasteiger partial charge in [-0.2, -0.15) is 5.26 Å². The highest BCUT2D eigenvalue weighted by molar-refractivity contribution is 6.24. The van der Waals surface area contributed by atoms with Gasteiger partial charge in [0.2, 0.25) is 5.78 Å². The Balaban J connectivity index is 2.00. The highest BCUT2D eigenvalue weighted by Crippen LogP contribution is 2.38. The topological polar surface area (TPSA) is 70.4 Å². The van der Waals surface area contributed by atoms with Gasteiger partial charge in [0, 0.05) is 29.3 Å². The van der Waals surface area contributed by atoms with Crippen molar-refractivity contribution in [2.45, 2.75) is 38.3 Å². The van der Waals surface area contributed by atoms with Gasteiger partial charge in [-0.15, -0.1) is 0 Å². The van der Waals surface area contributed by atoms with E-state index in [4.69, 9.17) is 10.00 Å². The molecule has 2 heterocycles. The van der Waals surface area contributed by atoms with Crippen molar-refractivity contribution >= 4 is 11.6 Å². The van der Waals surface area contributed by atoms with Crippen LogP contribution in [-0.2, 0) is 14.3 Å².